The number of benzene rings is 2. The third-order valence-corrected chi connectivity index (χ3v) is 7.65. The van der Waals surface area contributed by atoms with Gasteiger partial charge in [-0.05, 0) is 62.3 Å². The van der Waals surface area contributed by atoms with Gasteiger partial charge in [-0.1, -0.05) is 60.7 Å². The number of carbonyl (C=O) groups excluding carboxylic acids is 4. The van der Waals surface area contributed by atoms with Crippen LogP contribution in [0.25, 0.3) is 11.1 Å². The van der Waals surface area contributed by atoms with Gasteiger partial charge >= 0.3 is 12.1 Å². The van der Waals surface area contributed by atoms with E-state index in [2.05, 4.69) is 28.1 Å². The van der Waals surface area contributed by atoms with E-state index < -0.39 is 35.6 Å². The Bertz CT molecular complexity index is 1310. The molecule has 10 heteroatoms. The third-order valence-electron chi connectivity index (χ3n) is 7.65. The molecule has 0 aromatic heterocycles. The number of aliphatic hydroxyl groups excluding tert-OH is 1. The van der Waals surface area contributed by atoms with Crippen molar-refractivity contribution in [2.24, 2.45) is 5.92 Å². The summed E-state index contributed by atoms with van der Waals surface area (Å²) in [5, 5.41) is 17.4. The van der Waals surface area contributed by atoms with Gasteiger partial charge in [-0.2, -0.15) is 0 Å². The van der Waals surface area contributed by atoms with Gasteiger partial charge < -0.3 is 30.5 Å². The van der Waals surface area contributed by atoms with Crippen molar-refractivity contribution in [2.45, 2.75) is 70.0 Å². The minimum atomic E-state index is -0.950. The Balaban J connectivity index is 1.39. The summed E-state index contributed by atoms with van der Waals surface area (Å²) in [5.41, 5.74) is 3.49. The van der Waals surface area contributed by atoms with E-state index in [1.807, 2.05) is 42.5 Å². The van der Waals surface area contributed by atoms with Gasteiger partial charge in [0.2, 0.25) is 11.8 Å². The monoisotopic (exact) mass is 591 g/mol. The van der Waals surface area contributed by atoms with Crippen LogP contribution in [0.4, 0.5) is 4.79 Å². The zero-order valence-electron chi connectivity index (χ0n) is 24.9. The van der Waals surface area contributed by atoms with Crippen molar-refractivity contribution in [3.05, 3.63) is 71.8 Å². The van der Waals surface area contributed by atoms with Crippen LogP contribution in [0.3, 0.4) is 0 Å². The summed E-state index contributed by atoms with van der Waals surface area (Å²) in [7, 11) is 0. The van der Waals surface area contributed by atoms with Crippen molar-refractivity contribution in [3.8, 4) is 11.1 Å². The second-order valence-corrected chi connectivity index (χ2v) is 11.8. The summed E-state index contributed by atoms with van der Waals surface area (Å²) >= 11 is 0. The van der Waals surface area contributed by atoms with Gasteiger partial charge in [0, 0.05) is 18.4 Å². The fourth-order valence-electron chi connectivity index (χ4n) is 5.38. The van der Waals surface area contributed by atoms with Crippen molar-refractivity contribution >= 4 is 23.9 Å². The highest BCUT2D eigenvalue weighted by Crippen LogP contribution is 2.44. The first-order valence-corrected chi connectivity index (χ1v) is 14.7. The van der Waals surface area contributed by atoms with Crippen molar-refractivity contribution in [1.82, 2.24) is 16.0 Å². The maximum Gasteiger partial charge on any atom is 0.407 e. The Kier molecular flexibility index (Phi) is 10.6. The zero-order chi connectivity index (χ0) is 31.0. The maximum atomic E-state index is 13.1. The van der Waals surface area contributed by atoms with Crippen molar-refractivity contribution in [3.63, 3.8) is 0 Å². The Morgan fingerprint density at radius 1 is 1.07 bits per heavy atom. The van der Waals surface area contributed by atoms with Crippen LogP contribution in [-0.4, -0.2) is 66.4 Å². The number of aliphatic hydroxyl groups is 1. The highest BCUT2D eigenvalue weighted by Gasteiger charge is 2.32. The predicted octanol–water partition coefficient (Wildman–Crippen LogP) is 3.58. The highest BCUT2D eigenvalue weighted by molar-refractivity contribution is 5.86. The lowest BCUT2D eigenvalue weighted by atomic mass is 9.96. The van der Waals surface area contributed by atoms with Crippen molar-refractivity contribution < 1.29 is 33.8 Å². The molecule has 10 nitrogen and oxygen atoms in total. The molecule has 0 unspecified atom stereocenters. The van der Waals surface area contributed by atoms with E-state index in [1.165, 1.54) is 0 Å². The molecule has 3 amide bonds. The first-order valence-electron chi connectivity index (χ1n) is 14.7. The van der Waals surface area contributed by atoms with E-state index in [0.717, 1.165) is 22.3 Å². The maximum absolute atomic E-state index is 13.1. The highest BCUT2D eigenvalue weighted by atomic mass is 16.6. The Morgan fingerprint density at radius 2 is 1.72 bits per heavy atom. The second-order valence-electron chi connectivity index (χ2n) is 11.8. The number of hydrogen-bond donors (Lipinski definition) is 4. The smallest absolute Gasteiger partial charge is 0.407 e. The molecule has 0 fully saturated rings. The van der Waals surface area contributed by atoms with Crippen LogP contribution in [0.15, 0.2) is 60.7 Å². The van der Waals surface area contributed by atoms with E-state index in [-0.39, 0.29) is 50.4 Å². The Labute approximate surface area is 252 Å². The number of nitrogens with one attached hydrogen (secondary N) is 3. The normalized spacial score (nSPS) is 21.0. The van der Waals surface area contributed by atoms with Gasteiger partial charge in [-0.25, -0.2) is 9.59 Å². The first-order chi connectivity index (χ1) is 20.6. The topological polar surface area (TPSA) is 143 Å². The molecule has 2 aliphatic rings. The standard InChI is InChI=1S/C33H41N3O7/c1-21(18-37)34-29(38)17-22-11-5-4-6-16-28(31(40)43-20-33(2,3)36-30(22)39)35-32(41)42-19-27-25-14-9-7-12-23(25)24-13-8-10-15-26(24)27/h4-5,7-10,12-15,21-22,27-28,37H,6,11,16-20H2,1-3H3,(H,34,38)(H,35,41)(H,36,39)/t21-,22+,28-/m0/s1. The van der Waals surface area contributed by atoms with Crippen LogP contribution in [0.1, 0.15) is 63.5 Å². The molecule has 2 aromatic carbocycles. The molecule has 3 atom stereocenters. The van der Waals surface area contributed by atoms with Gasteiger partial charge in [-0.15, -0.1) is 0 Å². The lowest BCUT2D eigenvalue weighted by molar-refractivity contribution is -0.149. The van der Waals surface area contributed by atoms with Crippen LogP contribution in [0, 0.1) is 5.92 Å². The number of esters is 1. The van der Waals surface area contributed by atoms with E-state index in [4.69, 9.17) is 9.47 Å². The number of ether oxygens (including phenoxy) is 2. The van der Waals surface area contributed by atoms with E-state index in [0.29, 0.717) is 12.8 Å². The van der Waals surface area contributed by atoms with Crippen LogP contribution in [0.2, 0.25) is 0 Å². The minimum absolute atomic E-state index is 0.0532. The number of fused-ring (bicyclic) bond motifs is 3. The average molecular weight is 592 g/mol. The second kappa shape index (κ2) is 14.3. The minimum Gasteiger partial charge on any atom is -0.462 e. The van der Waals surface area contributed by atoms with E-state index >= 15 is 0 Å². The molecule has 0 saturated carbocycles. The van der Waals surface area contributed by atoms with Crippen LogP contribution >= 0.6 is 0 Å². The van der Waals surface area contributed by atoms with Gasteiger partial charge in [0.1, 0.15) is 19.3 Å². The largest absolute Gasteiger partial charge is 0.462 e. The number of amides is 3. The number of rotatable bonds is 7. The molecule has 4 rings (SSSR count). The van der Waals surface area contributed by atoms with Gasteiger partial charge in [0.15, 0.2) is 0 Å². The Morgan fingerprint density at radius 3 is 2.37 bits per heavy atom. The molecule has 1 aliphatic carbocycles. The predicted molar refractivity (Wildman–Crippen MR) is 161 cm³/mol. The molecule has 230 valence electrons. The van der Waals surface area contributed by atoms with Crippen LogP contribution in [-0.2, 0) is 23.9 Å². The molecule has 0 saturated heterocycles. The summed E-state index contributed by atoms with van der Waals surface area (Å²) in [6.45, 7) is 4.89. The van der Waals surface area contributed by atoms with Crippen LogP contribution < -0.4 is 16.0 Å². The lowest BCUT2D eigenvalue weighted by Gasteiger charge is -2.29. The third kappa shape index (κ3) is 8.44. The van der Waals surface area contributed by atoms with Crippen LogP contribution in [0.5, 0.6) is 0 Å². The summed E-state index contributed by atoms with van der Waals surface area (Å²) in [6, 6.07) is 14.7. The van der Waals surface area contributed by atoms with Gasteiger partial charge in [0.05, 0.1) is 18.1 Å². The van der Waals surface area contributed by atoms with Gasteiger partial charge in [0.25, 0.3) is 0 Å². The number of hydrogen-bond acceptors (Lipinski definition) is 7. The fourth-order valence-corrected chi connectivity index (χ4v) is 5.38. The molecule has 0 spiro atoms. The molecule has 0 bridgehead atoms. The molecule has 4 N–H and O–H groups in total. The summed E-state index contributed by atoms with van der Waals surface area (Å²) in [6.07, 6.45) is 3.85. The lowest BCUT2D eigenvalue weighted by Crippen LogP contribution is -2.51. The number of carbonyl (C=O) groups is 4. The summed E-state index contributed by atoms with van der Waals surface area (Å²) in [4.78, 5) is 51.4. The number of alkyl carbamates (subject to hydrolysis) is 1. The fraction of sp³-hybridized carbons (Fsp3) is 0.455. The zero-order valence-corrected chi connectivity index (χ0v) is 24.9. The summed E-state index contributed by atoms with van der Waals surface area (Å²) < 4.78 is 11.2. The molecular weight excluding hydrogens is 550 g/mol. The molecule has 1 aliphatic heterocycles. The quantitative estimate of drug-likeness (QED) is 0.285. The molecular formula is C33H41N3O7. The van der Waals surface area contributed by atoms with Crippen molar-refractivity contribution in [2.75, 3.05) is 19.8 Å². The average Bonchev–Trinajstić information content (AvgIpc) is 3.30. The molecule has 0 radical (unpaired) electrons. The van der Waals surface area contributed by atoms with E-state index in [1.54, 1.807) is 26.8 Å². The SMILES string of the molecule is C[C@@H](CO)NC(=O)C[C@H]1CC=CCC[C@H](NC(=O)OCC2c3ccccc3-c3ccccc32)C(=O)OCC(C)(C)NC1=O. The molecule has 2 aromatic rings. The Hall–Kier alpha value is -4.18. The van der Waals surface area contributed by atoms with Gasteiger partial charge in [-0.3, -0.25) is 9.59 Å². The van der Waals surface area contributed by atoms with E-state index in [9.17, 15) is 24.3 Å². The molecule has 1 heterocycles. The first kappa shape index (κ1) is 31.7. The van der Waals surface area contributed by atoms with Crippen molar-refractivity contribution in [1.29, 1.82) is 0 Å². The number of cyclic esters (lactones) is 1. The summed E-state index contributed by atoms with van der Waals surface area (Å²) in [5.74, 6) is -2.06. The molecule has 43 heavy (non-hydrogen) atoms. The number of allylic oxidation sites excluding steroid dienone is 2.